The van der Waals surface area contributed by atoms with Gasteiger partial charge in [-0.25, -0.2) is 0 Å². The second-order valence-electron chi connectivity index (χ2n) is 8.88. The molecule has 30 heavy (non-hydrogen) atoms. The van der Waals surface area contributed by atoms with Crippen LogP contribution in [0.5, 0.6) is 5.75 Å². The van der Waals surface area contributed by atoms with Gasteiger partial charge in [0.15, 0.2) is 5.69 Å². The summed E-state index contributed by atoms with van der Waals surface area (Å²) in [6.07, 6.45) is 3.67. The minimum Gasteiger partial charge on any atom is -0.505 e. The summed E-state index contributed by atoms with van der Waals surface area (Å²) >= 11 is 0. The molecule has 0 bridgehead atoms. The van der Waals surface area contributed by atoms with Crippen molar-refractivity contribution in [2.24, 2.45) is 10.2 Å². The van der Waals surface area contributed by atoms with Gasteiger partial charge in [-0.3, -0.25) is 10.1 Å². The first-order valence-electron chi connectivity index (χ1n) is 10.6. The molecule has 0 saturated carbocycles. The fourth-order valence-corrected chi connectivity index (χ4v) is 3.19. The number of nitrogens with zero attached hydrogens (tertiary/aromatic N) is 3. The molecule has 2 rings (SSSR count). The number of phenols is 1. The Kier molecular flexibility index (Phi) is 7.71. The Morgan fingerprint density at radius 2 is 1.77 bits per heavy atom. The van der Waals surface area contributed by atoms with Crippen molar-refractivity contribution in [1.29, 1.82) is 0 Å². The Morgan fingerprint density at radius 1 is 1.10 bits per heavy atom. The van der Waals surface area contributed by atoms with Gasteiger partial charge in [0.1, 0.15) is 11.4 Å². The predicted molar refractivity (Wildman–Crippen MR) is 121 cm³/mol. The number of aryl methyl sites for hydroxylation is 1. The summed E-state index contributed by atoms with van der Waals surface area (Å²) in [5, 5.41) is 30.7. The van der Waals surface area contributed by atoms with Crippen LogP contribution >= 0.6 is 0 Å². The zero-order chi connectivity index (χ0) is 22.5. The van der Waals surface area contributed by atoms with Crippen LogP contribution in [0.15, 0.2) is 40.6 Å². The van der Waals surface area contributed by atoms with E-state index in [0.29, 0.717) is 5.69 Å². The Morgan fingerprint density at radius 3 is 2.33 bits per heavy atom. The van der Waals surface area contributed by atoms with Gasteiger partial charge in [-0.05, 0) is 59.4 Å². The lowest BCUT2D eigenvalue weighted by Crippen LogP contribution is -2.12. The molecule has 0 heterocycles. The molecule has 0 amide bonds. The van der Waals surface area contributed by atoms with Crippen molar-refractivity contribution in [2.75, 3.05) is 0 Å². The van der Waals surface area contributed by atoms with Gasteiger partial charge in [0.2, 0.25) is 0 Å². The molecule has 0 radical (unpaired) electrons. The van der Waals surface area contributed by atoms with Crippen LogP contribution in [0.3, 0.4) is 0 Å². The molecule has 2 aromatic carbocycles. The number of hydrogen-bond acceptors (Lipinski definition) is 5. The number of aromatic hydroxyl groups is 1. The zero-order valence-corrected chi connectivity index (χ0v) is 18.9. The fraction of sp³-hybridized carbons (Fsp3) is 0.500. The monoisotopic (exact) mass is 411 g/mol. The van der Waals surface area contributed by atoms with E-state index >= 15 is 0 Å². The molecule has 0 aliphatic heterocycles. The molecule has 0 saturated heterocycles. The first kappa shape index (κ1) is 23.5. The van der Waals surface area contributed by atoms with Crippen LogP contribution in [-0.4, -0.2) is 10.0 Å². The van der Waals surface area contributed by atoms with Gasteiger partial charge >= 0.3 is 0 Å². The SMILES string of the molecule is CCCCc1ccc(/N=N/c2cc(C(C)(C)C)cc(C(C)CC)c2O)c([N+](=O)[O-])c1. The first-order valence-corrected chi connectivity index (χ1v) is 10.6. The van der Waals surface area contributed by atoms with Gasteiger partial charge in [-0.1, -0.05) is 60.1 Å². The lowest BCUT2D eigenvalue weighted by atomic mass is 9.83. The maximum absolute atomic E-state index is 11.5. The molecular weight excluding hydrogens is 378 g/mol. The number of nitro groups is 1. The molecular formula is C24H33N3O3. The molecule has 0 aromatic heterocycles. The van der Waals surface area contributed by atoms with Gasteiger partial charge in [0, 0.05) is 6.07 Å². The van der Waals surface area contributed by atoms with E-state index in [0.717, 1.165) is 42.4 Å². The summed E-state index contributed by atoms with van der Waals surface area (Å²) < 4.78 is 0. The Balaban J connectivity index is 2.52. The van der Waals surface area contributed by atoms with E-state index in [1.165, 1.54) is 0 Å². The fourth-order valence-electron chi connectivity index (χ4n) is 3.19. The van der Waals surface area contributed by atoms with E-state index in [4.69, 9.17) is 0 Å². The van der Waals surface area contributed by atoms with E-state index in [1.807, 2.05) is 18.2 Å². The lowest BCUT2D eigenvalue weighted by molar-refractivity contribution is -0.384. The van der Waals surface area contributed by atoms with Crippen LogP contribution in [0.1, 0.15) is 83.4 Å². The third-order valence-corrected chi connectivity index (χ3v) is 5.45. The molecule has 0 spiro atoms. The standard InChI is InChI=1S/C24H33N3O3/c1-7-9-10-17-11-12-20(22(13-17)27(29)30)25-26-21-15-18(24(4,5)6)14-19(23(21)28)16(3)8-2/h11-16,28H,7-10H2,1-6H3/b26-25+. The summed E-state index contributed by atoms with van der Waals surface area (Å²) in [5.74, 6) is 0.247. The number of benzene rings is 2. The van der Waals surface area contributed by atoms with Gasteiger partial charge in [-0.2, -0.15) is 0 Å². The highest BCUT2D eigenvalue weighted by molar-refractivity contribution is 5.61. The lowest BCUT2D eigenvalue weighted by Gasteiger charge is -2.23. The van der Waals surface area contributed by atoms with Crippen molar-refractivity contribution in [1.82, 2.24) is 0 Å². The van der Waals surface area contributed by atoms with Gasteiger partial charge in [0.25, 0.3) is 5.69 Å². The van der Waals surface area contributed by atoms with Crippen LogP contribution in [0, 0.1) is 10.1 Å². The topological polar surface area (TPSA) is 88.1 Å². The molecule has 1 N–H and O–H groups in total. The zero-order valence-electron chi connectivity index (χ0n) is 18.9. The van der Waals surface area contributed by atoms with E-state index in [1.54, 1.807) is 12.1 Å². The van der Waals surface area contributed by atoms with Gasteiger partial charge in [-0.15, -0.1) is 10.2 Å². The number of phenolic OH excluding ortho intramolecular Hbond substituents is 1. The van der Waals surface area contributed by atoms with Gasteiger partial charge < -0.3 is 5.11 Å². The summed E-state index contributed by atoms with van der Waals surface area (Å²) in [5.41, 5.74) is 3.10. The molecule has 0 fully saturated rings. The van der Waals surface area contributed by atoms with Crippen molar-refractivity contribution in [3.05, 3.63) is 57.1 Å². The number of unbranched alkanes of at least 4 members (excludes halogenated alkanes) is 1. The van der Waals surface area contributed by atoms with Crippen molar-refractivity contribution in [3.8, 4) is 5.75 Å². The number of hydrogen-bond donors (Lipinski definition) is 1. The molecule has 1 atom stereocenters. The summed E-state index contributed by atoms with van der Waals surface area (Å²) in [4.78, 5) is 11.1. The minimum absolute atomic E-state index is 0.0685. The summed E-state index contributed by atoms with van der Waals surface area (Å²) in [6, 6.07) is 8.89. The molecule has 0 aliphatic carbocycles. The smallest absolute Gasteiger partial charge is 0.296 e. The van der Waals surface area contributed by atoms with Crippen LogP contribution in [0.25, 0.3) is 0 Å². The van der Waals surface area contributed by atoms with Crippen LogP contribution in [0.2, 0.25) is 0 Å². The molecule has 6 heteroatoms. The van der Waals surface area contributed by atoms with Crippen molar-refractivity contribution < 1.29 is 10.0 Å². The van der Waals surface area contributed by atoms with E-state index in [2.05, 4.69) is 51.8 Å². The maximum atomic E-state index is 11.5. The highest BCUT2D eigenvalue weighted by atomic mass is 16.6. The normalized spacial score (nSPS) is 13.0. The summed E-state index contributed by atoms with van der Waals surface area (Å²) in [6.45, 7) is 12.5. The third kappa shape index (κ3) is 5.65. The van der Waals surface area contributed by atoms with Crippen LogP contribution in [-0.2, 0) is 11.8 Å². The summed E-state index contributed by atoms with van der Waals surface area (Å²) in [7, 11) is 0. The van der Waals surface area contributed by atoms with Crippen LogP contribution < -0.4 is 0 Å². The van der Waals surface area contributed by atoms with Crippen molar-refractivity contribution >= 4 is 17.1 Å². The first-order chi connectivity index (χ1) is 14.1. The quantitative estimate of drug-likeness (QED) is 0.272. The minimum atomic E-state index is -0.431. The Hall–Kier alpha value is -2.76. The largest absolute Gasteiger partial charge is 0.505 e. The highest BCUT2D eigenvalue weighted by Crippen LogP contribution is 2.41. The maximum Gasteiger partial charge on any atom is 0.296 e. The number of nitro benzene ring substituents is 1. The molecule has 0 aliphatic rings. The van der Waals surface area contributed by atoms with E-state index < -0.39 is 4.92 Å². The van der Waals surface area contributed by atoms with Crippen molar-refractivity contribution in [3.63, 3.8) is 0 Å². The van der Waals surface area contributed by atoms with E-state index in [-0.39, 0.29) is 28.5 Å². The van der Waals surface area contributed by atoms with Gasteiger partial charge in [0.05, 0.1) is 4.92 Å². The van der Waals surface area contributed by atoms with E-state index in [9.17, 15) is 15.2 Å². The second kappa shape index (κ2) is 9.83. The predicted octanol–water partition coefficient (Wildman–Crippen LogP) is 7.87. The second-order valence-corrected chi connectivity index (χ2v) is 8.88. The number of rotatable bonds is 8. The Labute approximate surface area is 179 Å². The molecule has 2 aromatic rings. The third-order valence-electron chi connectivity index (χ3n) is 5.45. The Bertz CT molecular complexity index is 930. The van der Waals surface area contributed by atoms with Crippen molar-refractivity contribution in [2.45, 2.75) is 78.6 Å². The average Bonchev–Trinajstić information content (AvgIpc) is 2.70. The highest BCUT2D eigenvalue weighted by Gasteiger charge is 2.21. The number of azo groups is 1. The molecule has 1 unspecified atom stereocenters. The molecule has 162 valence electrons. The molecule has 6 nitrogen and oxygen atoms in total. The average molecular weight is 412 g/mol. The van der Waals surface area contributed by atoms with Crippen LogP contribution in [0.4, 0.5) is 17.1 Å².